The second-order valence-electron chi connectivity index (χ2n) is 8.81. The molecule has 0 saturated heterocycles. The van der Waals surface area contributed by atoms with Crippen LogP contribution in [0.15, 0.2) is 107 Å². The number of aromatic nitrogens is 2. The molecule has 8 heteroatoms. The molecule has 4 aromatic carbocycles. The van der Waals surface area contributed by atoms with Crippen molar-refractivity contribution in [2.75, 3.05) is 7.05 Å². The van der Waals surface area contributed by atoms with Gasteiger partial charge >= 0.3 is 0 Å². The topological polar surface area (TPSA) is 55.2 Å². The van der Waals surface area contributed by atoms with E-state index in [1.807, 2.05) is 42.5 Å². The maximum atomic E-state index is 14.1. The number of amides is 1. The molecule has 0 aliphatic heterocycles. The molecule has 0 N–H and O–H groups in total. The molecule has 0 radical (unpaired) electrons. The fourth-order valence-electron chi connectivity index (χ4n) is 4.12. The van der Waals surface area contributed by atoms with Gasteiger partial charge in [-0.25, -0.2) is 9.37 Å². The second-order valence-corrected chi connectivity index (χ2v) is 10.2. The molecule has 1 aromatic heterocycles. The first kappa shape index (κ1) is 25.7. The van der Waals surface area contributed by atoms with Crippen molar-refractivity contribution in [3.63, 3.8) is 0 Å². The summed E-state index contributed by atoms with van der Waals surface area (Å²) in [5.41, 5.74) is 2.88. The summed E-state index contributed by atoms with van der Waals surface area (Å²) in [4.78, 5) is 33.2. The van der Waals surface area contributed by atoms with Gasteiger partial charge < -0.3 is 4.90 Å². The fourth-order valence-corrected chi connectivity index (χ4v) is 5.21. The Morgan fingerprint density at radius 2 is 1.71 bits per heavy atom. The third kappa shape index (κ3) is 5.64. The van der Waals surface area contributed by atoms with Gasteiger partial charge in [0.2, 0.25) is 0 Å². The minimum atomic E-state index is -0.453. The Morgan fingerprint density at radius 3 is 2.45 bits per heavy atom. The maximum absolute atomic E-state index is 14.1. The lowest BCUT2D eigenvalue weighted by molar-refractivity contribution is 0.0785. The van der Waals surface area contributed by atoms with Crippen LogP contribution < -0.4 is 5.56 Å². The quantitative estimate of drug-likeness (QED) is 0.168. The van der Waals surface area contributed by atoms with E-state index in [4.69, 9.17) is 16.6 Å². The molecule has 0 aliphatic carbocycles. The summed E-state index contributed by atoms with van der Waals surface area (Å²) in [6.45, 7) is 0.453. The van der Waals surface area contributed by atoms with E-state index in [9.17, 15) is 14.0 Å². The van der Waals surface area contributed by atoms with Crippen molar-refractivity contribution < 1.29 is 9.18 Å². The van der Waals surface area contributed by atoms with E-state index in [0.29, 0.717) is 44.6 Å². The molecule has 0 unspecified atom stereocenters. The zero-order valence-corrected chi connectivity index (χ0v) is 22.0. The number of carbonyl (C=O) groups excluding carboxylic acids is 1. The highest BCUT2D eigenvalue weighted by molar-refractivity contribution is 7.98. The van der Waals surface area contributed by atoms with Gasteiger partial charge in [0.1, 0.15) is 5.82 Å². The van der Waals surface area contributed by atoms with Crippen LogP contribution in [0.2, 0.25) is 5.02 Å². The van der Waals surface area contributed by atoms with Crippen LogP contribution in [0.5, 0.6) is 0 Å². The van der Waals surface area contributed by atoms with E-state index >= 15 is 0 Å². The van der Waals surface area contributed by atoms with Crippen LogP contribution in [0.25, 0.3) is 16.6 Å². The Labute approximate surface area is 228 Å². The zero-order chi connectivity index (χ0) is 26.6. The van der Waals surface area contributed by atoms with E-state index < -0.39 is 5.82 Å². The molecular weight excluding hydrogens is 521 g/mol. The number of rotatable bonds is 7. The number of fused-ring (bicyclic) bond motifs is 1. The van der Waals surface area contributed by atoms with Crippen molar-refractivity contribution in [2.24, 2.45) is 0 Å². The smallest absolute Gasteiger partial charge is 0.266 e. The van der Waals surface area contributed by atoms with E-state index in [0.717, 1.165) is 11.1 Å². The van der Waals surface area contributed by atoms with E-state index in [1.54, 1.807) is 54.4 Å². The van der Waals surface area contributed by atoms with Gasteiger partial charge in [-0.3, -0.25) is 14.2 Å². The molecule has 0 saturated carbocycles. The van der Waals surface area contributed by atoms with Crippen molar-refractivity contribution in [1.82, 2.24) is 14.5 Å². The van der Waals surface area contributed by atoms with Crippen LogP contribution in [0.3, 0.4) is 0 Å². The predicted octanol–water partition coefficient (Wildman–Crippen LogP) is 6.74. The molecule has 0 spiro atoms. The molecular formula is C30H23ClFN3O2S. The molecule has 0 bridgehead atoms. The molecule has 1 heterocycles. The predicted molar refractivity (Wildman–Crippen MR) is 151 cm³/mol. The summed E-state index contributed by atoms with van der Waals surface area (Å²) in [7, 11) is 1.74. The van der Waals surface area contributed by atoms with Crippen LogP contribution in [0.4, 0.5) is 4.39 Å². The van der Waals surface area contributed by atoms with Gasteiger partial charge in [0.05, 0.1) is 16.6 Å². The number of benzene rings is 4. The van der Waals surface area contributed by atoms with Crippen molar-refractivity contribution in [1.29, 1.82) is 0 Å². The van der Waals surface area contributed by atoms with Gasteiger partial charge in [-0.05, 0) is 59.7 Å². The van der Waals surface area contributed by atoms with Gasteiger partial charge in [-0.15, -0.1) is 0 Å². The highest BCUT2D eigenvalue weighted by Gasteiger charge is 2.18. The number of halogens is 2. The van der Waals surface area contributed by atoms with Crippen LogP contribution in [-0.4, -0.2) is 27.4 Å². The molecule has 0 atom stereocenters. The van der Waals surface area contributed by atoms with Gasteiger partial charge in [0, 0.05) is 29.9 Å². The first-order valence-corrected chi connectivity index (χ1v) is 13.2. The molecule has 5 aromatic rings. The summed E-state index contributed by atoms with van der Waals surface area (Å²) < 4.78 is 15.5. The standard InChI is InChI=1S/C30H23ClFN3O2S/c1-34(18-20-6-3-2-4-7-20)28(36)22-12-15-26-27(16-22)33-30(38-19-21-10-13-23(31)14-11-21)35(29(26)37)25-9-5-8-24(32)17-25/h2-17H,18-19H2,1H3. The summed E-state index contributed by atoms with van der Waals surface area (Å²) in [6.07, 6.45) is 0. The van der Waals surface area contributed by atoms with Gasteiger partial charge in [0.15, 0.2) is 5.16 Å². The molecule has 0 aliphatic rings. The zero-order valence-electron chi connectivity index (χ0n) is 20.5. The molecule has 5 nitrogen and oxygen atoms in total. The summed E-state index contributed by atoms with van der Waals surface area (Å²) in [5, 5.41) is 1.37. The third-order valence-electron chi connectivity index (χ3n) is 6.04. The Hall–Kier alpha value is -3.94. The largest absolute Gasteiger partial charge is 0.337 e. The lowest BCUT2D eigenvalue weighted by atomic mass is 10.1. The van der Waals surface area contributed by atoms with Gasteiger partial charge in [-0.2, -0.15) is 0 Å². The number of thioether (sulfide) groups is 1. The average molecular weight is 544 g/mol. The molecule has 5 rings (SSSR count). The van der Waals surface area contributed by atoms with Crippen molar-refractivity contribution in [3.8, 4) is 5.69 Å². The molecule has 38 heavy (non-hydrogen) atoms. The number of hydrogen-bond donors (Lipinski definition) is 0. The lowest BCUT2D eigenvalue weighted by Crippen LogP contribution is -2.26. The first-order chi connectivity index (χ1) is 18.4. The third-order valence-corrected chi connectivity index (χ3v) is 7.30. The Morgan fingerprint density at radius 1 is 0.947 bits per heavy atom. The highest BCUT2D eigenvalue weighted by Crippen LogP contribution is 2.26. The van der Waals surface area contributed by atoms with Gasteiger partial charge in [0.25, 0.3) is 11.5 Å². The van der Waals surface area contributed by atoms with Crippen molar-refractivity contribution >= 4 is 40.2 Å². The van der Waals surface area contributed by atoms with Crippen molar-refractivity contribution in [3.05, 3.63) is 135 Å². The summed E-state index contributed by atoms with van der Waals surface area (Å²) >= 11 is 7.36. The molecule has 1 amide bonds. The first-order valence-electron chi connectivity index (χ1n) is 11.9. The number of nitrogens with zero attached hydrogens (tertiary/aromatic N) is 3. The van der Waals surface area contributed by atoms with Crippen molar-refractivity contribution in [2.45, 2.75) is 17.5 Å². The molecule has 190 valence electrons. The van der Waals surface area contributed by atoms with Crippen LogP contribution in [0, 0.1) is 5.82 Å². The lowest BCUT2D eigenvalue weighted by Gasteiger charge is -2.18. The summed E-state index contributed by atoms with van der Waals surface area (Å²) in [5.74, 6) is -0.115. The highest BCUT2D eigenvalue weighted by atomic mass is 35.5. The van der Waals surface area contributed by atoms with Crippen LogP contribution in [-0.2, 0) is 12.3 Å². The SMILES string of the molecule is CN(Cc1ccccc1)C(=O)c1ccc2c(=O)n(-c3cccc(F)c3)c(SCc3ccc(Cl)cc3)nc2c1. The van der Waals surface area contributed by atoms with Crippen LogP contribution in [0.1, 0.15) is 21.5 Å². The number of carbonyl (C=O) groups is 1. The normalized spacial score (nSPS) is 11.0. The second kappa shape index (κ2) is 11.2. The molecule has 0 fully saturated rings. The van der Waals surface area contributed by atoms with E-state index in [1.165, 1.54) is 28.5 Å². The minimum absolute atomic E-state index is 0.178. The number of hydrogen-bond acceptors (Lipinski definition) is 4. The Bertz CT molecular complexity index is 1670. The van der Waals surface area contributed by atoms with E-state index in [2.05, 4.69) is 0 Å². The van der Waals surface area contributed by atoms with E-state index in [-0.39, 0.29) is 11.5 Å². The van der Waals surface area contributed by atoms with Gasteiger partial charge in [-0.1, -0.05) is 71.9 Å². The maximum Gasteiger partial charge on any atom is 0.266 e. The van der Waals surface area contributed by atoms with Crippen LogP contribution >= 0.6 is 23.4 Å². The Balaban J connectivity index is 1.54. The fraction of sp³-hybridized carbons (Fsp3) is 0.100. The monoisotopic (exact) mass is 543 g/mol. The summed E-state index contributed by atoms with van der Waals surface area (Å²) in [6, 6.07) is 27.9. The minimum Gasteiger partial charge on any atom is -0.337 e. The average Bonchev–Trinajstić information content (AvgIpc) is 2.92. The Kier molecular flexibility index (Phi) is 7.58.